The van der Waals surface area contributed by atoms with E-state index in [9.17, 15) is 43.2 Å². The summed E-state index contributed by atoms with van der Waals surface area (Å²) in [5.41, 5.74) is 0. The molecule has 0 heterocycles. The average molecular weight is 1560 g/mol. The topological polar surface area (TPSA) is 237 Å². The highest BCUT2D eigenvalue weighted by Gasteiger charge is 2.30. The van der Waals surface area contributed by atoms with Crippen molar-refractivity contribution < 1.29 is 80.2 Å². The van der Waals surface area contributed by atoms with Crippen LogP contribution in [0.4, 0.5) is 0 Å². The molecule has 0 saturated carbocycles. The average Bonchev–Trinajstić information content (AvgIpc) is 0.901. The van der Waals surface area contributed by atoms with E-state index >= 15 is 0 Å². The molecule has 0 aromatic rings. The second-order valence-corrected chi connectivity index (χ2v) is 34.5. The fourth-order valence-electron chi connectivity index (χ4n) is 13.9. The van der Waals surface area contributed by atoms with Crippen LogP contribution in [0.2, 0.25) is 0 Å². The molecule has 0 aliphatic carbocycles. The van der Waals surface area contributed by atoms with Crippen molar-refractivity contribution in [2.45, 2.75) is 502 Å². The minimum absolute atomic E-state index is 0.109. The Hall–Kier alpha value is -1.94. The third-order valence-corrected chi connectivity index (χ3v) is 22.8. The van der Waals surface area contributed by atoms with Crippen molar-refractivity contribution in [1.82, 2.24) is 0 Å². The maximum absolute atomic E-state index is 13.2. The molecular weight excluding hydrogens is 1390 g/mol. The normalized spacial score (nSPS) is 13.7. The Balaban J connectivity index is 5.23. The number of aliphatic hydroxyl groups excluding tert-OH is 1. The van der Waals surface area contributed by atoms with Crippen LogP contribution in [0, 0.1) is 0 Å². The van der Waals surface area contributed by atoms with Crippen LogP contribution in [0.5, 0.6) is 0 Å². The highest BCUT2D eigenvalue weighted by atomic mass is 31.2. The number of phosphoric ester groups is 2. The highest BCUT2D eigenvalue weighted by molar-refractivity contribution is 7.47. The van der Waals surface area contributed by atoms with E-state index < -0.39 is 97.5 Å². The van der Waals surface area contributed by atoms with Gasteiger partial charge < -0.3 is 33.8 Å². The summed E-state index contributed by atoms with van der Waals surface area (Å²) in [5, 5.41) is 10.7. The maximum atomic E-state index is 13.2. The van der Waals surface area contributed by atoms with Gasteiger partial charge in [-0.05, 0) is 25.7 Å². The summed E-state index contributed by atoms with van der Waals surface area (Å²) in [4.78, 5) is 73.3. The Kier molecular flexibility index (Phi) is 80.6. The molecule has 107 heavy (non-hydrogen) atoms. The van der Waals surface area contributed by atoms with Crippen molar-refractivity contribution in [1.29, 1.82) is 0 Å². The van der Waals surface area contributed by atoms with E-state index in [0.29, 0.717) is 25.7 Å². The number of esters is 4. The molecule has 19 heteroatoms. The summed E-state index contributed by atoms with van der Waals surface area (Å²) in [7, 11) is -9.93. The number of hydrogen-bond acceptors (Lipinski definition) is 15. The van der Waals surface area contributed by atoms with Crippen LogP contribution in [0.25, 0.3) is 0 Å². The maximum Gasteiger partial charge on any atom is 0.472 e. The van der Waals surface area contributed by atoms with Crippen LogP contribution < -0.4 is 0 Å². The van der Waals surface area contributed by atoms with Gasteiger partial charge in [0.2, 0.25) is 0 Å². The van der Waals surface area contributed by atoms with Gasteiger partial charge in [0.1, 0.15) is 19.3 Å². The second-order valence-electron chi connectivity index (χ2n) is 31.6. The number of hydrogen-bond donors (Lipinski definition) is 3. The lowest BCUT2D eigenvalue weighted by molar-refractivity contribution is -0.161. The molecule has 0 fully saturated rings. The molecule has 0 aromatic heterocycles. The summed E-state index contributed by atoms with van der Waals surface area (Å²) < 4.78 is 69.0. The second kappa shape index (κ2) is 82.1. The van der Waals surface area contributed by atoms with E-state index in [4.69, 9.17) is 37.0 Å². The summed E-state index contributed by atoms with van der Waals surface area (Å²) in [6.07, 6.45) is 77.8. The zero-order valence-electron chi connectivity index (χ0n) is 70.1. The largest absolute Gasteiger partial charge is 0.472 e. The van der Waals surface area contributed by atoms with E-state index in [0.717, 1.165) is 89.9 Å². The summed E-state index contributed by atoms with van der Waals surface area (Å²) in [5.74, 6) is -2.09. The molecule has 0 saturated heterocycles. The first-order chi connectivity index (χ1) is 52.2. The van der Waals surface area contributed by atoms with Crippen molar-refractivity contribution in [3.05, 3.63) is 0 Å². The van der Waals surface area contributed by atoms with Gasteiger partial charge in [-0.1, -0.05) is 432 Å². The summed E-state index contributed by atoms with van der Waals surface area (Å²) in [6, 6.07) is 0. The molecule has 17 nitrogen and oxygen atoms in total. The van der Waals surface area contributed by atoms with Gasteiger partial charge in [-0.2, -0.15) is 0 Å². The third kappa shape index (κ3) is 81.9. The predicted molar refractivity (Wildman–Crippen MR) is 442 cm³/mol. The zero-order chi connectivity index (χ0) is 78.1. The Morgan fingerprint density at radius 1 is 0.224 bits per heavy atom. The molecule has 0 aliphatic heterocycles. The number of ether oxygens (including phenoxy) is 4. The van der Waals surface area contributed by atoms with Gasteiger partial charge in [0.05, 0.1) is 26.4 Å². The molecule has 0 amide bonds. The fourth-order valence-corrected chi connectivity index (χ4v) is 15.5. The van der Waals surface area contributed by atoms with Crippen molar-refractivity contribution >= 4 is 39.5 Å². The molecule has 2 unspecified atom stereocenters. The number of aliphatic hydroxyl groups is 1. The van der Waals surface area contributed by atoms with Gasteiger partial charge in [0.25, 0.3) is 0 Å². The van der Waals surface area contributed by atoms with Crippen molar-refractivity contribution in [3.8, 4) is 0 Å². The fraction of sp³-hybridized carbons (Fsp3) is 0.955. The van der Waals surface area contributed by atoms with Gasteiger partial charge in [-0.3, -0.25) is 37.3 Å². The summed E-state index contributed by atoms with van der Waals surface area (Å²) >= 11 is 0. The number of phosphoric acid groups is 2. The summed E-state index contributed by atoms with van der Waals surface area (Å²) in [6.45, 7) is 5.07. The lowest BCUT2D eigenvalue weighted by atomic mass is 10.0. The molecule has 0 aliphatic rings. The lowest BCUT2D eigenvalue weighted by Crippen LogP contribution is -2.30. The Labute approximate surface area is 658 Å². The molecule has 0 rings (SSSR count). The Morgan fingerprint density at radius 2 is 0.374 bits per heavy atom. The molecule has 0 bridgehead atoms. The quantitative estimate of drug-likeness (QED) is 0.0222. The minimum atomic E-state index is -4.97. The van der Waals surface area contributed by atoms with Crippen LogP contribution >= 0.6 is 15.6 Å². The first-order valence-electron chi connectivity index (χ1n) is 45.8. The van der Waals surface area contributed by atoms with E-state index in [-0.39, 0.29) is 25.7 Å². The lowest BCUT2D eigenvalue weighted by Gasteiger charge is -2.21. The van der Waals surface area contributed by atoms with Crippen LogP contribution in [0.3, 0.4) is 0 Å². The van der Waals surface area contributed by atoms with E-state index in [2.05, 4.69) is 27.7 Å². The molecule has 5 atom stereocenters. The van der Waals surface area contributed by atoms with Crippen molar-refractivity contribution in [2.75, 3.05) is 39.6 Å². The molecule has 0 spiro atoms. The van der Waals surface area contributed by atoms with E-state index in [1.165, 1.54) is 315 Å². The van der Waals surface area contributed by atoms with E-state index in [1.807, 2.05) is 0 Å². The number of rotatable bonds is 89. The van der Waals surface area contributed by atoms with Crippen molar-refractivity contribution in [3.63, 3.8) is 0 Å². The zero-order valence-corrected chi connectivity index (χ0v) is 71.9. The molecule has 0 aromatic carbocycles. The van der Waals surface area contributed by atoms with E-state index in [1.54, 1.807) is 0 Å². The Bertz CT molecular complexity index is 2020. The van der Waals surface area contributed by atoms with Crippen LogP contribution in [-0.4, -0.2) is 96.7 Å². The van der Waals surface area contributed by atoms with Crippen LogP contribution in [0.15, 0.2) is 0 Å². The van der Waals surface area contributed by atoms with Gasteiger partial charge in [0.15, 0.2) is 12.2 Å². The molecule has 3 N–H and O–H groups in total. The van der Waals surface area contributed by atoms with Gasteiger partial charge in [-0.15, -0.1) is 0 Å². The van der Waals surface area contributed by atoms with Gasteiger partial charge in [0, 0.05) is 25.7 Å². The van der Waals surface area contributed by atoms with Crippen LogP contribution in [-0.2, 0) is 65.4 Å². The number of carbonyl (C=O) groups excluding carboxylic acids is 4. The third-order valence-electron chi connectivity index (χ3n) is 20.9. The smallest absolute Gasteiger partial charge is 0.462 e. The Morgan fingerprint density at radius 3 is 0.551 bits per heavy atom. The van der Waals surface area contributed by atoms with Gasteiger partial charge in [-0.25, -0.2) is 9.13 Å². The first-order valence-corrected chi connectivity index (χ1v) is 48.8. The SMILES string of the molecule is CCCCCCCCCCCCCCCCCCCCCCCC(=O)O[C@H](COC(=O)CCCCCCCCCCCCCCCCCCCC)COP(=O)(O)OC[C@@H](O)COP(=O)(O)OC[C@@H](COC(=O)CCCCCCCCCCCCC)OC(=O)CCCCCCCCCCCCCCCCCCC. The van der Waals surface area contributed by atoms with Gasteiger partial charge >= 0.3 is 39.5 Å². The number of unbranched alkanes of at least 4 members (excludes halogenated alkanes) is 63. The minimum Gasteiger partial charge on any atom is -0.462 e. The van der Waals surface area contributed by atoms with Crippen molar-refractivity contribution in [2.24, 2.45) is 0 Å². The molecule has 0 radical (unpaired) electrons. The molecular formula is C88H172O17P2. The monoisotopic (exact) mass is 1560 g/mol. The molecule has 636 valence electrons. The standard InChI is InChI=1S/C88H172O17P2/c1-5-9-13-17-21-25-29-32-35-38-40-41-42-45-48-51-55-59-63-67-71-75-88(93)105-84(79-99-86(91)73-69-65-61-57-53-49-46-44-39-36-33-30-26-22-18-14-10-6-2)81-103-107(96,97)101-77-82(89)76-100-106(94,95)102-80-83(78-98-85(90)72-68-64-60-56-52-28-24-20-16-12-8-4)104-87(92)74-70-66-62-58-54-50-47-43-37-34-31-27-23-19-15-11-7-3/h82-84,89H,5-81H2,1-4H3,(H,94,95)(H,96,97)/t82-,83+,84+/m0/s1. The first kappa shape index (κ1) is 105. The van der Waals surface area contributed by atoms with Crippen LogP contribution in [0.1, 0.15) is 484 Å². The number of carbonyl (C=O) groups is 4. The predicted octanol–water partition coefficient (Wildman–Crippen LogP) is 27.3. The highest BCUT2D eigenvalue weighted by Crippen LogP contribution is 2.45.